The number of carbonyl (C=O) groups is 1. The highest BCUT2D eigenvalue weighted by molar-refractivity contribution is 7.91. The third-order valence-electron chi connectivity index (χ3n) is 3.98. The number of nitrogens with zero attached hydrogens (tertiary/aromatic N) is 1. The van der Waals surface area contributed by atoms with E-state index in [0.29, 0.717) is 18.9 Å². The van der Waals surface area contributed by atoms with Gasteiger partial charge in [0.15, 0.2) is 9.84 Å². The van der Waals surface area contributed by atoms with Crippen LogP contribution in [0, 0.1) is 5.92 Å². The summed E-state index contributed by atoms with van der Waals surface area (Å²) in [5, 5.41) is 6.19. The van der Waals surface area contributed by atoms with Gasteiger partial charge in [0.2, 0.25) is 5.91 Å². The number of likely N-dealkylation sites (N-methyl/N-ethyl adjacent to an activating group) is 1. The van der Waals surface area contributed by atoms with Gasteiger partial charge in [-0.15, -0.1) is 0 Å². The van der Waals surface area contributed by atoms with Gasteiger partial charge in [0, 0.05) is 12.6 Å². The lowest BCUT2D eigenvalue weighted by Gasteiger charge is -2.27. The van der Waals surface area contributed by atoms with Crippen LogP contribution >= 0.6 is 0 Å². The Morgan fingerprint density at radius 2 is 2.20 bits per heavy atom. The summed E-state index contributed by atoms with van der Waals surface area (Å²) in [6.07, 6.45) is 2.95. The number of sulfone groups is 1. The normalized spacial score (nSPS) is 29.5. The Kier molecular flexibility index (Phi) is 5.40. The van der Waals surface area contributed by atoms with Gasteiger partial charge < -0.3 is 10.6 Å². The first-order valence-corrected chi connectivity index (χ1v) is 9.16. The van der Waals surface area contributed by atoms with Crippen molar-refractivity contribution in [2.75, 3.05) is 44.7 Å². The Morgan fingerprint density at radius 3 is 2.80 bits per heavy atom. The summed E-state index contributed by atoms with van der Waals surface area (Å²) < 4.78 is 22.7. The lowest BCUT2D eigenvalue weighted by atomic mass is 9.99. The van der Waals surface area contributed by atoms with E-state index in [-0.39, 0.29) is 23.5 Å². The quantitative estimate of drug-likeness (QED) is 0.697. The fourth-order valence-corrected chi connectivity index (χ4v) is 4.69. The molecule has 2 unspecified atom stereocenters. The van der Waals surface area contributed by atoms with Crippen LogP contribution in [0.5, 0.6) is 0 Å². The van der Waals surface area contributed by atoms with Crippen molar-refractivity contribution in [1.82, 2.24) is 15.5 Å². The maximum Gasteiger partial charge on any atom is 0.234 e. The fraction of sp³-hybridized carbons (Fsp3) is 0.923. The predicted molar refractivity (Wildman–Crippen MR) is 78.3 cm³/mol. The van der Waals surface area contributed by atoms with Gasteiger partial charge in [0.1, 0.15) is 0 Å². The van der Waals surface area contributed by atoms with Gasteiger partial charge in [-0.2, -0.15) is 0 Å². The molecule has 2 atom stereocenters. The van der Waals surface area contributed by atoms with Crippen LogP contribution in [0.4, 0.5) is 0 Å². The van der Waals surface area contributed by atoms with E-state index in [2.05, 4.69) is 10.6 Å². The molecule has 20 heavy (non-hydrogen) atoms. The highest BCUT2D eigenvalue weighted by atomic mass is 32.2. The molecular formula is C13H25N3O3S. The molecule has 0 radical (unpaired) electrons. The first-order chi connectivity index (χ1) is 9.44. The van der Waals surface area contributed by atoms with Crippen molar-refractivity contribution >= 4 is 15.7 Å². The summed E-state index contributed by atoms with van der Waals surface area (Å²) >= 11 is 0. The molecule has 6 nitrogen and oxygen atoms in total. The van der Waals surface area contributed by atoms with Crippen LogP contribution in [-0.4, -0.2) is 70.0 Å². The minimum absolute atomic E-state index is 0.0710. The summed E-state index contributed by atoms with van der Waals surface area (Å²) in [6.45, 7) is 3.36. The van der Waals surface area contributed by atoms with Crippen LogP contribution in [0.1, 0.15) is 19.3 Å². The van der Waals surface area contributed by atoms with Crippen LogP contribution in [0.3, 0.4) is 0 Å². The standard InChI is InChI=1S/C13H25N3O3S/c1-16(8-11-3-2-5-14-7-11)9-13(17)15-12-4-6-20(18,19)10-12/h11-12,14H,2-10H2,1H3,(H,15,17). The molecule has 7 heteroatoms. The van der Waals surface area contributed by atoms with Crippen LogP contribution in [0.25, 0.3) is 0 Å². The summed E-state index contributed by atoms with van der Waals surface area (Å²) in [6, 6.07) is -0.197. The number of hydrogen-bond donors (Lipinski definition) is 2. The first-order valence-electron chi connectivity index (χ1n) is 7.34. The van der Waals surface area contributed by atoms with Crippen LogP contribution in [-0.2, 0) is 14.6 Å². The summed E-state index contributed by atoms with van der Waals surface area (Å²) in [5.74, 6) is 0.822. The van der Waals surface area contributed by atoms with Gasteiger partial charge in [-0.1, -0.05) is 0 Å². The van der Waals surface area contributed by atoms with E-state index in [0.717, 1.165) is 19.6 Å². The van der Waals surface area contributed by atoms with Crippen molar-refractivity contribution in [1.29, 1.82) is 0 Å². The molecule has 0 bridgehead atoms. The molecule has 0 saturated carbocycles. The van der Waals surface area contributed by atoms with E-state index in [1.54, 1.807) is 0 Å². The molecule has 0 spiro atoms. The fourth-order valence-electron chi connectivity index (χ4n) is 3.01. The number of hydrogen-bond acceptors (Lipinski definition) is 5. The van der Waals surface area contributed by atoms with Gasteiger partial charge >= 0.3 is 0 Å². The molecule has 2 aliphatic heterocycles. The second-order valence-electron chi connectivity index (χ2n) is 6.08. The van der Waals surface area contributed by atoms with Crippen molar-refractivity contribution < 1.29 is 13.2 Å². The lowest BCUT2D eigenvalue weighted by molar-refractivity contribution is -0.122. The topological polar surface area (TPSA) is 78.5 Å². The molecule has 0 aromatic heterocycles. The summed E-state index contributed by atoms with van der Waals surface area (Å²) in [5.41, 5.74) is 0. The molecule has 0 aromatic rings. The molecule has 116 valence electrons. The zero-order chi connectivity index (χ0) is 14.6. The Labute approximate surface area is 121 Å². The Hall–Kier alpha value is -0.660. The Balaban J connectivity index is 1.68. The van der Waals surface area contributed by atoms with Crippen LogP contribution in [0.2, 0.25) is 0 Å². The average molecular weight is 303 g/mol. The molecule has 2 fully saturated rings. The largest absolute Gasteiger partial charge is 0.351 e. The lowest BCUT2D eigenvalue weighted by Crippen LogP contribution is -2.44. The molecule has 2 rings (SSSR count). The van der Waals surface area contributed by atoms with Gasteiger partial charge in [-0.25, -0.2) is 8.42 Å². The van der Waals surface area contributed by atoms with Crippen molar-refractivity contribution in [3.05, 3.63) is 0 Å². The summed E-state index contributed by atoms with van der Waals surface area (Å²) in [4.78, 5) is 13.9. The van der Waals surface area contributed by atoms with Crippen molar-refractivity contribution in [3.8, 4) is 0 Å². The minimum atomic E-state index is -2.93. The second-order valence-corrected chi connectivity index (χ2v) is 8.31. The van der Waals surface area contributed by atoms with E-state index >= 15 is 0 Å². The third kappa shape index (κ3) is 5.03. The van der Waals surface area contributed by atoms with Crippen molar-refractivity contribution in [2.45, 2.75) is 25.3 Å². The number of rotatable bonds is 5. The maximum atomic E-state index is 11.9. The molecule has 2 saturated heterocycles. The van der Waals surface area contributed by atoms with Gasteiger partial charge in [0.05, 0.1) is 18.1 Å². The Morgan fingerprint density at radius 1 is 1.40 bits per heavy atom. The third-order valence-corrected chi connectivity index (χ3v) is 5.75. The molecule has 0 aliphatic carbocycles. The van der Waals surface area contributed by atoms with Crippen molar-refractivity contribution in [2.24, 2.45) is 5.92 Å². The minimum Gasteiger partial charge on any atom is -0.351 e. The van der Waals surface area contributed by atoms with E-state index in [1.807, 2.05) is 11.9 Å². The maximum absolute atomic E-state index is 11.9. The first kappa shape index (κ1) is 15.7. The van der Waals surface area contributed by atoms with Gasteiger partial charge in [0.25, 0.3) is 0 Å². The highest BCUT2D eigenvalue weighted by Crippen LogP contribution is 2.12. The summed E-state index contributed by atoms with van der Waals surface area (Å²) in [7, 11) is -0.985. The van der Waals surface area contributed by atoms with Crippen LogP contribution in [0.15, 0.2) is 0 Å². The van der Waals surface area contributed by atoms with Crippen molar-refractivity contribution in [3.63, 3.8) is 0 Å². The molecule has 0 aromatic carbocycles. The monoisotopic (exact) mass is 303 g/mol. The number of carbonyl (C=O) groups excluding carboxylic acids is 1. The van der Waals surface area contributed by atoms with Crippen LogP contribution < -0.4 is 10.6 Å². The van der Waals surface area contributed by atoms with E-state index in [1.165, 1.54) is 12.8 Å². The number of nitrogens with one attached hydrogen (secondary N) is 2. The molecule has 1 amide bonds. The van der Waals surface area contributed by atoms with Gasteiger partial charge in [-0.05, 0) is 45.3 Å². The molecule has 2 N–H and O–H groups in total. The molecular weight excluding hydrogens is 278 g/mol. The zero-order valence-electron chi connectivity index (χ0n) is 12.1. The van der Waals surface area contributed by atoms with E-state index in [4.69, 9.17) is 0 Å². The zero-order valence-corrected chi connectivity index (χ0v) is 12.9. The molecule has 2 heterocycles. The van der Waals surface area contributed by atoms with E-state index in [9.17, 15) is 13.2 Å². The highest BCUT2D eigenvalue weighted by Gasteiger charge is 2.29. The van der Waals surface area contributed by atoms with E-state index < -0.39 is 9.84 Å². The smallest absolute Gasteiger partial charge is 0.234 e. The number of piperidine rings is 1. The SMILES string of the molecule is CN(CC(=O)NC1CCS(=O)(=O)C1)CC1CCCNC1. The Bertz CT molecular complexity index is 432. The number of amides is 1. The molecule has 2 aliphatic rings. The average Bonchev–Trinajstić information content (AvgIpc) is 2.69. The van der Waals surface area contributed by atoms with Gasteiger partial charge in [-0.3, -0.25) is 9.69 Å². The second kappa shape index (κ2) is 6.87. The predicted octanol–water partition coefficient (Wildman–Crippen LogP) is -0.779.